The molecule has 1 amide bonds. The molecular weight excluding hydrogens is 288 g/mol. The SMILES string of the molecule is COC(C)(C)C(=O)Nc1cccc(-n2cc(C(=O)O)nn2)c1. The Morgan fingerprint density at radius 2 is 2.09 bits per heavy atom. The third-order valence-electron chi connectivity index (χ3n) is 3.14. The third-order valence-corrected chi connectivity index (χ3v) is 3.14. The molecule has 8 heteroatoms. The summed E-state index contributed by atoms with van der Waals surface area (Å²) in [6, 6.07) is 6.80. The number of carboxylic acids is 1. The summed E-state index contributed by atoms with van der Waals surface area (Å²) >= 11 is 0. The summed E-state index contributed by atoms with van der Waals surface area (Å²) < 4.78 is 6.43. The van der Waals surface area contributed by atoms with Crippen LogP contribution in [0.3, 0.4) is 0 Å². The van der Waals surface area contributed by atoms with E-state index in [0.29, 0.717) is 11.4 Å². The van der Waals surface area contributed by atoms with E-state index >= 15 is 0 Å². The highest BCUT2D eigenvalue weighted by Gasteiger charge is 2.26. The summed E-state index contributed by atoms with van der Waals surface area (Å²) in [6.07, 6.45) is 1.29. The quantitative estimate of drug-likeness (QED) is 0.863. The third kappa shape index (κ3) is 3.29. The van der Waals surface area contributed by atoms with Gasteiger partial charge < -0.3 is 15.2 Å². The van der Waals surface area contributed by atoms with Gasteiger partial charge in [0.25, 0.3) is 5.91 Å². The molecule has 22 heavy (non-hydrogen) atoms. The summed E-state index contributed by atoms with van der Waals surface area (Å²) in [5.41, 5.74) is 0.00250. The lowest BCUT2D eigenvalue weighted by molar-refractivity contribution is -0.133. The van der Waals surface area contributed by atoms with Gasteiger partial charge in [0.15, 0.2) is 5.69 Å². The van der Waals surface area contributed by atoms with Crippen LogP contribution in [0.1, 0.15) is 24.3 Å². The normalized spacial score (nSPS) is 11.2. The number of carbonyl (C=O) groups excluding carboxylic acids is 1. The second-order valence-corrected chi connectivity index (χ2v) is 5.07. The first-order valence-corrected chi connectivity index (χ1v) is 6.46. The number of carbonyl (C=O) groups is 2. The minimum atomic E-state index is -1.16. The van der Waals surface area contributed by atoms with Gasteiger partial charge in [-0.2, -0.15) is 0 Å². The zero-order chi connectivity index (χ0) is 16.3. The molecule has 0 fully saturated rings. The average Bonchev–Trinajstić information content (AvgIpc) is 2.97. The highest BCUT2D eigenvalue weighted by atomic mass is 16.5. The van der Waals surface area contributed by atoms with Crippen LogP contribution in [0.4, 0.5) is 5.69 Å². The van der Waals surface area contributed by atoms with E-state index in [2.05, 4.69) is 15.6 Å². The monoisotopic (exact) mass is 304 g/mol. The molecular formula is C14H16N4O4. The first-order valence-electron chi connectivity index (χ1n) is 6.46. The number of hydrogen-bond acceptors (Lipinski definition) is 5. The van der Waals surface area contributed by atoms with Gasteiger partial charge in [-0.25, -0.2) is 9.48 Å². The van der Waals surface area contributed by atoms with Crippen molar-refractivity contribution in [3.05, 3.63) is 36.2 Å². The van der Waals surface area contributed by atoms with E-state index in [1.54, 1.807) is 38.1 Å². The predicted octanol–water partition coefficient (Wildman–Crippen LogP) is 1.33. The lowest BCUT2D eigenvalue weighted by Gasteiger charge is -2.21. The molecule has 0 atom stereocenters. The molecule has 116 valence electrons. The molecule has 0 aliphatic carbocycles. The van der Waals surface area contributed by atoms with Gasteiger partial charge in [-0.3, -0.25) is 4.79 Å². The maximum absolute atomic E-state index is 12.1. The molecule has 2 aromatic rings. The molecule has 2 rings (SSSR count). The molecule has 2 N–H and O–H groups in total. The maximum atomic E-state index is 12.1. The van der Waals surface area contributed by atoms with E-state index in [1.165, 1.54) is 18.0 Å². The van der Waals surface area contributed by atoms with Crippen LogP contribution < -0.4 is 5.32 Å². The van der Waals surface area contributed by atoms with Crippen molar-refractivity contribution in [1.82, 2.24) is 15.0 Å². The van der Waals surface area contributed by atoms with Crippen molar-refractivity contribution in [3.8, 4) is 5.69 Å². The van der Waals surface area contributed by atoms with Crippen LogP contribution in [0.2, 0.25) is 0 Å². The van der Waals surface area contributed by atoms with E-state index in [0.717, 1.165) is 0 Å². The topological polar surface area (TPSA) is 106 Å². The number of nitrogens with one attached hydrogen (secondary N) is 1. The standard InChI is InChI=1S/C14H16N4O4/c1-14(2,22-3)13(21)15-9-5-4-6-10(7-9)18-8-11(12(19)20)16-17-18/h4-8H,1-3H3,(H,15,21)(H,19,20). The van der Waals surface area contributed by atoms with Gasteiger partial charge in [0, 0.05) is 12.8 Å². The molecule has 1 heterocycles. The molecule has 0 aliphatic rings. The number of anilines is 1. The highest BCUT2D eigenvalue weighted by molar-refractivity contribution is 5.96. The number of hydrogen-bond donors (Lipinski definition) is 2. The van der Waals surface area contributed by atoms with Crippen molar-refractivity contribution < 1.29 is 19.4 Å². The van der Waals surface area contributed by atoms with Crippen molar-refractivity contribution in [1.29, 1.82) is 0 Å². The summed E-state index contributed by atoms with van der Waals surface area (Å²) in [5.74, 6) is -1.45. The van der Waals surface area contributed by atoms with Crippen LogP contribution in [0.15, 0.2) is 30.5 Å². The summed E-state index contributed by atoms with van der Waals surface area (Å²) in [5, 5.41) is 18.9. The number of benzene rings is 1. The van der Waals surface area contributed by atoms with Gasteiger partial charge in [-0.1, -0.05) is 11.3 Å². The van der Waals surface area contributed by atoms with Crippen molar-refractivity contribution in [3.63, 3.8) is 0 Å². The van der Waals surface area contributed by atoms with E-state index in [4.69, 9.17) is 9.84 Å². The minimum absolute atomic E-state index is 0.157. The smallest absolute Gasteiger partial charge is 0.358 e. The Morgan fingerprint density at radius 1 is 1.36 bits per heavy atom. The second-order valence-electron chi connectivity index (χ2n) is 5.07. The molecule has 0 bridgehead atoms. The Hall–Kier alpha value is -2.74. The minimum Gasteiger partial charge on any atom is -0.476 e. The highest BCUT2D eigenvalue weighted by Crippen LogP contribution is 2.17. The number of aromatic carboxylic acids is 1. The molecule has 0 unspecified atom stereocenters. The first-order chi connectivity index (χ1) is 10.3. The summed E-state index contributed by atoms with van der Waals surface area (Å²) in [7, 11) is 1.46. The number of methoxy groups -OCH3 is 1. The first kappa shape index (κ1) is 15.6. The fourth-order valence-corrected chi connectivity index (χ4v) is 1.59. The van der Waals surface area contributed by atoms with Crippen molar-refractivity contribution in [2.45, 2.75) is 19.4 Å². The molecule has 0 spiro atoms. The number of rotatable bonds is 5. The van der Waals surface area contributed by atoms with E-state index in [1.807, 2.05) is 0 Å². The Bertz CT molecular complexity index is 708. The number of amides is 1. The van der Waals surface area contributed by atoms with Gasteiger partial charge in [-0.05, 0) is 32.0 Å². The van der Waals surface area contributed by atoms with Gasteiger partial charge in [-0.15, -0.1) is 5.10 Å². The Morgan fingerprint density at radius 3 is 2.68 bits per heavy atom. The molecule has 1 aromatic heterocycles. The molecule has 1 aromatic carbocycles. The number of carboxylic acid groups (broad SMARTS) is 1. The molecule has 0 saturated carbocycles. The second kappa shape index (κ2) is 5.94. The van der Waals surface area contributed by atoms with Crippen LogP contribution in [-0.2, 0) is 9.53 Å². The zero-order valence-corrected chi connectivity index (χ0v) is 12.4. The number of nitrogens with zero attached hydrogens (tertiary/aromatic N) is 3. The van der Waals surface area contributed by atoms with Crippen molar-refractivity contribution >= 4 is 17.6 Å². The van der Waals surface area contributed by atoms with Crippen LogP contribution >= 0.6 is 0 Å². The van der Waals surface area contributed by atoms with Crippen LogP contribution in [-0.4, -0.2) is 44.7 Å². The molecule has 0 radical (unpaired) electrons. The summed E-state index contributed by atoms with van der Waals surface area (Å²) in [4.78, 5) is 22.9. The van der Waals surface area contributed by atoms with E-state index < -0.39 is 11.6 Å². The predicted molar refractivity (Wildman–Crippen MR) is 78.0 cm³/mol. The van der Waals surface area contributed by atoms with E-state index in [-0.39, 0.29) is 11.6 Å². The van der Waals surface area contributed by atoms with Crippen molar-refractivity contribution in [2.75, 3.05) is 12.4 Å². The largest absolute Gasteiger partial charge is 0.476 e. The van der Waals surface area contributed by atoms with Crippen LogP contribution in [0.25, 0.3) is 5.69 Å². The number of aromatic nitrogens is 3. The lowest BCUT2D eigenvalue weighted by Crippen LogP contribution is -2.38. The van der Waals surface area contributed by atoms with E-state index in [9.17, 15) is 9.59 Å². The maximum Gasteiger partial charge on any atom is 0.358 e. The lowest BCUT2D eigenvalue weighted by atomic mass is 10.1. The van der Waals surface area contributed by atoms with Crippen LogP contribution in [0, 0.1) is 0 Å². The Labute approximate surface area is 126 Å². The van der Waals surface area contributed by atoms with Gasteiger partial charge in [0.05, 0.1) is 11.9 Å². The molecule has 0 saturated heterocycles. The summed E-state index contributed by atoms with van der Waals surface area (Å²) in [6.45, 7) is 3.31. The van der Waals surface area contributed by atoms with Crippen molar-refractivity contribution in [2.24, 2.45) is 0 Å². The fraction of sp³-hybridized carbons (Fsp3) is 0.286. The van der Waals surface area contributed by atoms with Gasteiger partial charge in [0.1, 0.15) is 5.60 Å². The molecule has 0 aliphatic heterocycles. The van der Waals surface area contributed by atoms with Crippen LogP contribution in [0.5, 0.6) is 0 Å². The zero-order valence-electron chi connectivity index (χ0n) is 12.4. The Kier molecular flexibility index (Phi) is 4.22. The molecule has 8 nitrogen and oxygen atoms in total. The van der Waals surface area contributed by atoms with Gasteiger partial charge in [0.2, 0.25) is 0 Å². The average molecular weight is 304 g/mol. The number of ether oxygens (including phenoxy) is 1. The Balaban J connectivity index is 2.23. The fourth-order valence-electron chi connectivity index (χ4n) is 1.59. The van der Waals surface area contributed by atoms with Gasteiger partial charge >= 0.3 is 5.97 Å².